The van der Waals surface area contributed by atoms with Crippen molar-refractivity contribution in [2.75, 3.05) is 11.9 Å². The molecule has 2 heteroatoms. The van der Waals surface area contributed by atoms with Crippen molar-refractivity contribution in [1.82, 2.24) is 0 Å². The molecule has 0 amide bonds. The van der Waals surface area contributed by atoms with Gasteiger partial charge >= 0.3 is 0 Å². The van der Waals surface area contributed by atoms with Crippen LogP contribution >= 0.6 is 0 Å². The van der Waals surface area contributed by atoms with E-state index >= 15 is 0 Å². The number of aryl methyl sites for hydroxylation is 1. The largest absolute Gasteiger partial charge is 0.382 e. The summed E-state index contributed by atoms with van der Waals surface area (Å²) in [5, 5.41) is 3.27. The molecule has 1 nitrogen and oxygen atoms in total. The average Bonchev–Trinajstić information content (AvgIpc) is 2.30. The predicted molar refractivity (Wildman–Crippen MR) is 70.7 cm³/mol. The summed E-state index contributed by atoms with van der Waals surface area (Å²) >= 11 is 0. The molecule has 0 aliphatic heterocycles. The molecule has 0 heterocycles. The quantitative estimate of drug-likeness (QED) is 0.820. The molecule has 0 radical (unpaired) electrons. The van der Waals surface area contributed by atoms with Crippen LogP contribution in [0.3, 0.4) is 0 Å². The van der Waals surface area contributed by atoms with Gasteiger partial charge in [-0.3, -0.25) is 0 Å². The maximum atomic E-state index is 13.5. The van der Waals surface area contributed by atoms with Gasteiger partial charge in [-0.05, 0) is 49.3 Å². The van der Waals surface area contributed by atoms with Crippen molar-refractivity contribution in [2.45, 2.75) is 39.5 Å². The second-order valence-electron chi connectivity index (χ2n) is 5.50. The summed E-state index contributed by atoms with van der Waals surface area (Å²) in [6.45, 7) is 5.22. The van der Waals surface area contributed by atoms with Gasteiger partial charge in [0, 0.05) is 6.54 Å². The van der Waals surface area contributed by atoms with E-state index in [-0.39, 0.29) is 5.82 Å². The Morgan fingerprint density at radius 3 is 2.94 bits per heavy atom. The van der Waals surface area contributed by atoms with Crippen molar-refractivity contribution in [3.63, 3.8) is 0 Å². The van der Waals surface area contributed by atoms with Gasteiger partial charge in [0.1, 0.15) is 5.82 Å². The Bertz CT molecular complexity index is 375. The van der Waals surface area contributed by atoms with Crippen molar-refractivity contribution < 1.29 is 4.39 Å². The van der Waals surface area contributed by atoms with Crippen LogP contribution in [-0.4, -0.2) is 6.54 Å². The van der Waals surface area contributed by atoms with Crippen LogP contribution < -0.4 is 5.32 Å². The first-order chi connectivity index (χ1) is 8.15. The van der Waals surface area contributed by atoms with Crippen molar-refractivity contribution in [1.29, 1.82) is 0 Å². The van der Waals surface area contributed by atoms with Gasteiger partial charge in [0.15, 0.2) is 0 Å². The minimum atomic E-state index is -0.139. The molecule has 1 aromatic rings. The molecule has 0 spiro atoms. The minimum Gasteiger partial charge on any atom is -0.382 e. The first kappa shape index (κ1) is 12.4. The topological polar surface area (TPSA) is 12.0 Å². The average molecular weight is 235 g/mol. The third kappa shape index (κ3) is 3.45. The van der Waals surface area contributed by atoms with Gasteiger partial charge in [-0.2, -0.15) is 0 Å². The number of benzene rings is 1. The van der Waals surface area contributed by atoms with E-state index in [1.54, 1.807) is 6.07 Å². The highest BCUT2D eigenvalue weighted by Crippen LogP contribution is 2.29. The van der Waals surface area contributed by atoms with Crippen LogP contribution in [0.4, 0.5) is 10.1 Å². The second-order valence-corrected chi connectivity index (χ2v) is 5.50. The molecule has 1 N–H and O–H groups in total. The Labute approximate surface area is 103 Å². The van der Waals surface area contributed by atoms with Gasteiger partial charge in [-0.15, -0.1) is 0 Å². The van der Waals surface area contributed by atoms with E-state index < -0.39 is 0 Å². The molecule has 94 valence electrons. The molecule has 1 aliphatic carbocycles. The highest BCUT2D eigenvalue weighted by Gasteiger charge is 2.18. The van der Waals surface area contributed by atoms with E-state index in [9.17, 15) is 4.39 Å². The molecule has 1 aromatic carbocycles. The molecule has 2 atom stereocenters. The van der Waals surface area contributed by atoms with Gasteiger partial charge in [0.05, 0.1) is 5.69 Å². The fraction of sp³-hybridized carbons (Fsp3) is 0.600. The Hall–Kier alpha value is -1.05. The molecule has 1 fully saturated rings. The molecule has 1 aliphatic rings. The summed E-state index contributed by atoms with van der Waals surface area (Å²) in [5.74, 6) is 1.40. The third-order valence-corrected chi connectivity index (χ3v) is 3.75. The maximum absolute atomic E-state index is 13.5. The molecular weight excluding hydrogens is 213 g/mol. The zero-order valence-corrected chi connectivity index (χ0v) is 10.8. The van der Waals surface area contributed by atoms with Crippen LogP contribution in [0.15, 0.2) is 18.2 Å². The summed E-state index contributed by atoms with van der Waals surface area (Å²) in [6, 6.07) is 5.24. The Morgan fingerprint density at radius 2 is 2.18 bits per heavy atom. The number of hydrogen-bond acceptors (Lipinski definition) is 1. The van der Waals surface area contributed by atoms with Crippen molar-refractivity contribution in [3.8, 4) is 0 Å². The number of rotatable bonds is 3. The number of anilines is 1. The van der Waals surface area contributed by atoms with Crippen molar-refractivity contribution in [3.05, 3.63) is 29.6 Å². The first-order valence-electron chi connectivity index (χ1n) is 6.65. The predicted octanol–water partition coefficient (Wildman–Crippen LogP) is 4.37. The normalized spacial score (nSPS) is 24.6. The van der Waals surface area contributed by atoms with E-state index in [2.05, 4.69) is 12.2 Å². The fourth-order valence-corrected chi connectivity index (χ4v) is 2.77. The molecule has 17 heavy (non-hydrogen) atoms. The van der Waals surface area contributed by atoms with E-state index in [1.807, 2.05) is 19.1 Å². The van der Waals surface area contributed by atoms with Crippen molar-refractivity contribution >= 4 is 5.69 Å². The van der Waals surface area contributed by atoms with Gasteiger partial charge in [0.25, 0.3) is 0 Å². The highest BCUT2D eigenvalue weighted by molar-refractivity contribution is 5.47. The van der Waals surface area contributed by atoms with Crippen LogP contribution in [0.1, 0.15) is 38.2 Å². The molecule has 1 saturated carbocycles. The lowest BCUT2D eigenvalue weighted by molar-refractivity contribution is 0.293. The summed E-state index contributed by atoms with van der Waals surface area (Å²) in [7, 11) is 0. The zero-order valence-electron chi connectivity index (χ0n) is 10.8. The Kier molecular flexibility index (Phi) is 4.03. The SMILES string of the molecule is Cc1ccc(F)c(NCC2CCCC(C)C2)c1. The highest BCUT2D eigenvalue weighted by atomic mass is 19.1. The third-order valence-electron chi connectivity index (χ3n) is 3.75. The Balaban J connectivity index is 1.90. The smallest absolute Gasteiger partial charge is 0.146 e. The van der Waals surface area contributed by atoms with Gasteiger partial charge < -0.3 is 5.32 Å². The van der Waals surface area contributed by atoms with Crippen LogP contribution in [-0.2, 0) is 0 Å². The summed E-state index contributed by atoms with van der Waals surface area (Å²) in [4.78, 5) is 0. The summed E-state index contributed by atoms with van der Waals surface area (Å²) in [6.07, 6.45) is 5.24. The second kappa shape index (κ2) is 5.52. The lowest BCUT2D eigenvalue weighted by atomic mass is 9.82. The number of nitrogens with one attached hydrogen (secondary N) is 1. The van der Waals surface area contributed by atoms with Crippen LogP contribution in [0.2, 0.25) is 0 Å². The maximum Gasteiger partial charge on any atom is 0.146 e. The Morgan fingerprint density at radius 1 is 1.35 bits per heavy atom. The lowest BCUT2D eigenvalue weighted by Gasteiger charge is -2.27. The number of hydrogen-bond donors (Lipinski definition) is 1. The van der Waals surface area contributed by atoms with E-state index in [4.69, 9.17) is 0 Å². The van der Waals surface area contributed by atoms with Crippen LogP contribution in [0, 0.1) is 24.6 Å². The molecule has 0 bridgehead atoms. The summed E-state index contributed by atoms with van der Waals surface area (Å²) in [5.41, 5.74) is 1.76. The molecule has 2 unspecified atom stereocenters. The van der Waals surface area contributed by atoms with Gasteiger partial charge in [-0.25, -0.2) is 4.39 Å². The molecule has 0 saturated heterocycles. The minimum absolute atomic E-state index is 0.139. The lowest BCUT2D eigenvalue weighted by Crippen LogP contribution is -2.21. The fourth-order valence-electron chi connectivity index (χ4n) is 2.77. The van der Waals surface area contributed by atoms with Gasteiger partial charge in [0.2, 0.25) is 0 Å². The number of halogens is 1. The van der Waals surface area contributed by atoms with E-state index in [1.165, 1.54) is 25.7 Å². The van der Waals surface area contributed by atoms with E-state index in [0.717, 1.165) is 18.0 Å². The van der Waals surface area contributed by atoms with Crippen LogP contribution in [0.25, 0.3) is 0 Å². The molecule has 2 rings (SSSR count). The standard InChI is InChI=1S/C15H22FN/c1-11-4-3-5-13(8-11)10-17-15-9-12(2)6-7-14(15)16/h6-7,9,11,13,17H,3-5,8,10H2,1-2H3. The van der Waals surface area contributed by atoms with E-state index in [0.29, 0.717) is 11.6 Å². The van der Waals surface area contributed by atoms with Crippen LogP contribution in [0.5, 0.6) is 0 Å². The molecule has 0 aromatic heterocycles. The summed E-state index contributed by atoms with van der Waals surface area (Å²) < 4.78 is 13.5. The monoisotopic (exact) mass is 235 g/mol. The van der Waals surface area contributed by atoms with Gasteiger partial charge in [-0.1, -0.05) is 25.8 Å². The van der Waals surface area contributed by atoms with Crippen molar-refractivity contribution in [2.24, 2.45) is 11.8 Å². The zero-order chi connectivity index (χ0) is 12.3. The first-order valence-corrected chi connectivity index (χ1v) is 6.65. The molecular formula is C15H22FN.